The van der Waals surface area contributed by atoms with E-state index < -0.39 is 0 Å². The molecule has 0 amide bonds. The summed E-state index contributed by atoms with van der Waals surface area (Å²) in [5.74, 6) is 0.517. The van der Waals surface area contributed by atoms with Crippen molar-refractivity contribution in [3.63, 3.8) is 0 Å². The van der Waals surface area contributed by atoms with E-state index in [4.69, 9.17) is 0 Å². The van der Waals surface area contributed by atoms with Gasteiger partial charge in [-0.25, -0.2) is 0 Å². The van der Waals surface area contributed by atoms with Gasteiger partial charge in [-0.05, 0) is 60.5 Å². The van der Waals surface area contributed by atoms with Gasteiger partial charge in [0.1, 0.15) is 11.5 Å². The minimum atomic E-state index is 0.258. The van der Waals surface area contributed by atoms with E-state index >= 15 is 0 Å². The summed E-state index contributed by atoms with van der Waals surface area (Å²) in [5, 5.41) is 20.5. The Bertz CT molecular complexity index is 1030. The molecule has 0 spiro atoms. The first-order chi connectivity index (χ1) is 12.2. The van der Waals surface area contributed by atoms with Crippen LogP contribution in [0, 0.1) is 0 Å². The molecular formula is C22H19NO2. The van der Waals surface area contributed by atoms with Gasteiger partial charge in [-0.3, -0.25) is 0 Å². The Hall–Kier alpha value is -3.20. The molecule has 0 fully saturated rings. The minimum Gasteiger partial charge on any atom is -0.508 e. The van der Waals surface area contributed by atoms with Crippen LogP contribution in [0.3, 0.4) is 0 Å². The van der Waals surface area contributed by atoms with Crippen molar-refractivity contribution in [3.8, 4) is 33.9 Å². The Morgan fingerprint density at radius 2 is 1.28 bits per heavy atom. The number of rotatable bonds is 3. The molecule has 4 aromatic rings. The number of aryl methyl sites for hydroxylation is 1. The van der Waals surface area contributed by atoms with E-state index in [2.05, 4.69) is 29.7 Å². The molecule has 3 aromatic carbocycles. The topological polar surface area (TPSA) is 45.4 Å². The maximum Gasteiger partial charge on any atom is 0.115 e. The SMILES string of the molecule is CCn1c(-c2ccc(O)cc2)c(-c2ccc(O)cc2)c2ccccc21. The summed E-state index contributed by atoms with van der Waals surface area (Å²) < 4.78 is 2.30. The van der Waals surface area contributed by atoms with Crippen molar-refractivity contribution < 1.29 is 10.2 Å². The molecule has 0 aliphatic heterocycles. The van der Waals surface area contributed by atoms with Crippen LogP contribution < -0.4 is 0 Å². The second-order valence-corrected chi connectivity index (χ2v) is 6.08. The lowest BCUT2D eigenvalue weighted by Gasteiger charge is -2.11. The predicted molar refractivity (Wildman–Crippen MR) is 102 cm³/mol. The fourth-order valence-corrected chi connectivity index (χ4v) is 3.47. The zero-order valence-corrected chi connectivity index (χ0v) is 14.0. The Balaban J connectivity index is 2.10. The van der Waals surface area contributed by atoms with Gasteiger partial charge in [-0.1, -0.05) is 30.3 Å². The number of benzene rings is 3. The monoisotopic (exact) mass is 329 g/mol. The molecule has 2 N–H and O–H groups in total. The summed E-state index contributed by atoms with van der Waals surface area (Å²) in [5.41, 5.74) is 5.55. The van der Waals surface area contributed by atoms with Crippen LogP contribution in [0.5, 0.6) is 11.5 Å². The highest BCUT2D eigenvalue weighted by molar-refractivity contribution is 6.04. The molecule has 0 unspecified atom stereocenters. The number of fused-ring (bicyclic) bond motifs is 1. The van der Waals surface area contributed by atoms with Crippen LogP contribution in [0.2, 0.25) is 0 Å². The molecule has 0 bridgehead atoms. The smallest absolute Gasteiger partial charge is 0.115 e. The Labute approximate surface area is 146 Å². The largest absolute Gasteiger partial charge is 0.508 e. The molecule has 0 radical (unpaired) electrons. The van der Waals surface area contributed by atoms with E-state index in [1.54, 1.807) is 24.3 Å². The summed E-state index contributed by atoms with van der Waals surface area (Å²) >= 11 is 0. The lowest BCUT2D eigenvalue weighted by atomic mass is 9.98. The predicted octanol–water partition coefficient (Wildman–Crippen LogP) is 5.41. The molecule has 0 aliphatic carbocycles. The quantitative estimate of drug-likeness (QED) is 0.528. The number of nitrogens with zero attached hydrogens (tertiary/aromatic N) is 1. The van der Waals surface area contributed by atoms with Crippen molar-refractivity contribution in [1.82, 2.24) is 4.57 Å². The third kappa shape index (κ3) is 2.54. The number of phenolic OH excluding ortho intramolecular Hbond substituents is 2. The van der Waals surface area contributed by atoms with E-state index in [0.717, 1.165) is 28.9 Å². The average molecular weight is 329 g/mol. The molecule has 3 nitrogen and oxygen atoms in total. The van der Waals surface area contributed by atoms with Crippen molar-refractivity contribution in [2.45, 2.75) is 13.5 Å². The molecule has 25 heavy (non-hydrogen) atoms. The number of aromatic nitrogens is 1. The molecule has 1 heterocycles. The van der Waals surface area contributed by atoms with Gasteiger partial charge in [0.25, 0.3) is 0 Å². The van der Waals surface area contributed by atoms with Crippen molar-refractivity contribution >= 4 is 10.9 Å². The maximum atomic E-state index is 9.65. The van der Waals surface area contributed by atoms with Crippen molar-refractivity contribution in [2.24, 2.45) is 0 Å². The first-order valence-corrected chi connectivity index (χ1v) is 8.39. The van der Waals surface area contributed by atoms with E-state index in [0.29, 0.717) is 0 Å². The van der Waals surface area contributed by atoms with Crippen LogP contribution in [-0.4, -0.2) is 14.8 Å². The Morgan fingerprint density at radius 1 is 0.720 bits per heavy atom. The number of aromatic hydroxyl groups is 2. The summed E-state index contributed by atoms with van der Waals surface area (Å²) in [7, 11) is 0. The molecule has 0 saturated carbocycles. The summed E-state index contributed by atoms with van der Waals surface area (Å²) in [6.45, 7) is 2.98. The molecule has 1 aromatic heterocycles. The van der Waals surface area contributed by atoms with E-state index in [1.807, 2.05) is 30.3 Å². The van der Waals surface area contributed by atoms with Gasteiger partial charge in [-0.15, -0.1) is 0 Å². The van der Waals surface area contributed by atoms with Gasteiger partial charge >= 0.3 is 0 Å². The highest BCUT2D eigenvalue weighted by Crippen LogP contribution is 2.41. The van der Waals surface area contributed by atoms with Gasteiger partial charge in [0.15, 0.2) is 0 Å². The molecule has 0 saturated heterocycles. The summed E-state index contributed by atoms with van der Waals surface area (Å²) in [6.07, 6.45) is 0. The second-order valence-electron chi connectivity index (χ2n) is 6.08. The third-order valence-electron chi connectivity index (χ3n) is 4.58. The fraction of sp³-hybridized carbons (Fsp3) is 0.0909. The summed E-state index contributed by atoms with van der Waals surface area (Å²) in [4.78, 5) is 0. The highest BCUT2D eigenvalue weighted by atomic mass is 16.3. The molecular weight excluding hydrogens is 310 g/mol. The van der Waals surface area contributed by atoms with Gasteiger partial charge in [-0.2, -0.15) is 0 Å². The van der Waals surface area contributed by atoms with Crippen LogP contribution in [-0.2, 0) is 6.54 Å². The Kier molecular flexibility index (Phi) is 3.69. The van der Waals surface area contributed by atoms with Gasteiger partial charge in [0.2, 0.25) is 0 Å². The zero-order valence-electron chi connectivity index (χ0n) is 14.0. The van der Waals surface area contributed by atoms with Crippen molar-refractivity contribution in [1.29, 1.82) is 0 Å². The standard InChI is InChI=1S/C22H19NO2/c1-2-23-20-6-4-3-5-19(20)21(15-7-11-17(24)12-8-15)22(23)16-9-13-18(25)14-10-16/h3-14,24-25H,2H2,1H3. The van der Waals surface area contributed by atoms with E-state index in [1.165, 1.54) is 10.9 Å². The molecule has 0 aliphatic rings. The van der Waals surface area contributed by atoms with Crippen LogP contribution >= 0.6 is 0 Å². The van der Waals surface area contributed by atoms with Crippen molar-refractivity contribution in [3.05, 3.63) is 72.8 Å². The fourth-order valence-electron chi connectivity index (χ4n) is 3.47. The van der Waals surface area contributed by atoms with E-state index in [9.17, 15) is 10.2 Å². The first-order valence-electron chi connectivity index (χ1n) is 8.39. The molecule has 4 rings (SSSR count). The number of hydrogen-bond acceptors (Lipinski definition) is 2. The first kappa shape index (κ1) is 15.3. The van der Waals surface area contributed by atoms with Gasteiger partial charge in [0.05, 0.1) is 5.69 Å². The zero-order chi connectivity index (χ0) is 17.4. The highest BCUT2D eigenvalue weighted by Gasteiger charge is 2.19. The molecule has 3 heteroatoms. The number of para-hydroxylation sites is 1. The van der Waals surface area contributed by atoms with E-state index in [-0.39, 0.29) is 11.5 Å². The van der Waals surface area contributed by atoms with Crippen LogP contribution in [0.1, 0.15) is 6.92 Å². The Morgan fingerprint density at radius 3 is 1.88 bits per heavy atom. The lowest BCUT2D eigenvalue weighted by molar-refractivity contribution is 0.475. The molecule has 124 valence electrons. The van der Waals surface area contributed by atoms with Crippen LogP contribution in [0.25, 0.3) is 33.3 Å². The summed E-state index contributed by atoms with van der Waals surface area (Å²) in [6, 6.07) is 23.0. The normalized spacial score (nSPS) is 11.1. The molecule has 0 atom stereocenters. The lowest BCUT2D eigenvalue weighted by Crippen LogP contribution is -1.97. The minimum absolute atomic E-state index is 0.258. The average Bonchev–Trinajstić information content (AvgIpc) is 2.97. The van der Waals surface area contributed by atoms with Crippen LogP contribution in [0.15, 0.2) is 72.8 Å². The maximum absolute atomic E-state index is 9.65. The van der Waals surface area contributed by atoms with Gasteiger partial charge < -0.3 is 14.8 Å². The number of hydrogen-bond donors (Lipinski definition) is 2. The second kappa shape index (κ2) is 6.02. The third-order valence-corrected chi connectivity index (χ3v) is 4.58. The van der Waals surface area contributed by atoms with Gasteiger partial charge in [0, 0.05) is 23.0 Å². The van der Waals surface area contributed by atoms with Crippen molar-refractivity contribution in [2.75, 3.05) is 0 Å². The van der Waals surface area contributed by atoms with Crippen LogP contribution in [0.4, 0.5) is 0 Å². The number of phenols is 2.